The third-order valence-corrected chi connectivity index (χ3v) is 3.57. The molecule has 0 amide bonds. The van der Waals surface area contributed by atoms with Crippen LogP contribution in [-0.2, 0) is 6.42 Å². The molecule has 1 aliphatic heterocycles. The molecule has 1 fully saturated rings. The Morgan fingerprint density at radius 1 is 1.50 bits per heavy atom. The molecule has 0 aliphatic carbocycles. The number of rotatable bonds is 3. The van der Waals surface area contributed by atoms with E-state index in [0.29, 0.717) is 5.92 Å². The average Bonchev–Trinajstić information content (AvgIpc) is 2.39. The van der Waals surface area contributed by atoms with Crippen molar-refractivity contribution in [3.05, 3.63) is 18.1 Å². The maximum Gasteiger partial charge on any atom is 0.132 e. The second-order valence-electron chi connectivity index (χ2n) is 4.33. The van der Waals surface area contributed by atoms with Crippen molar-refractivity contribution in [3.8, 4) is 0 Å². The first-order valence-electron chi connectivity index (χ1n) is 5.95. The Bertz CT molecular complexity index is 343. The fourth-order valence-corrected chi connectivity index (χ4v) is 2.40. The van der Waals surface area contributed by atoms with Gasteiger partial charge in [0.05, 0.1) is 0 Å². The summed E-state index contributed by atoms with van der Waals surface area (Å²) < 4.78 is 0. The molecular formula is C12H18ClN3. The maximum absolute atomic E-state index is 5.93. The van der Waals surface area contributed by atoms with Crippen molar-refractivity contribution in [2.24, 2.45) is 5.92 Å². The molecule has 4 heteroatoms. The maximum atomic E-state index is 5.93. The zero-order chi connectivity index (χ0) is 11.4. The van der Waals surface area contributed by atoms with Gasteiger partial charge in [0, 0.05) is 30.7 Å². The Morgan fingerprint density at radius 2 is 2.38 bits per heavy atom. The molecule has 1 saturated heterocycles. The van der Waals surface area contributed by atoms with E-state index in [9.17, 15) is 0 Å². The Hall–Kier alpha value is -0.830. The van der Waals surface area contributed by atoms with Crippen LogP contribution in [0.15, 0.2) is 12.4 Å². The van der Waals surface area contributed by atoms with Gasteiger partial charge in [0.25, 0.3) is 0 Å². The van der Waals surface area contributed by atoms with Crippen LogP contribution in [0.5, 0.6) is 0 Å². The molecule has 1 unspecified atom stereocenters. The molecule has 0 aromatic carbocycles. The number of hydrogen-bond donors (Lipinski definition) is 0. The predicted molar refractivity (Wildman–Crippen MR) is 67.1 cm³/mol. The molecule has 2 rings (SSSR count). The molecule has 1 aromatic rings. The van der Waals surface area contributed by atoms with Crippen molar-refractivity contribution in [3.63, 3.8) is 0 Å². The van der Waals surface area contributed by atoms with Crippen molar-refractivity contribution in [1.29, 1.82) is 0 Å². The molecule has 3 nitrogen and oxygen atoms in total. The number of nitrogens with zero attached hydrogens (tertiary/aromatic N) is 3. The van der Waals surface area contributed by atoms with Crippen molar-refractivity contribution < 1.29 is 0 Å². The first-order valence-corrected chi connectivity index (χ1v) is 6.48. The van der Waals surface area contributed by atoms with Crippen molar-refractivity contribution in [2.75, 3.05) is 23.9 Å². The second-order valence-corrected chi connectivity index (χ2v) is 4.64. The van der Waals surface area contributed by atoms with E-state index >= 15 is 0 Å². The Kier molecular flexibility index (Phi) is 3.99. The van der Waals surface area contributed by atoms with E-state index < -0.39 is 0 Å². The number of hydrogen-bond acceptors (Lipinski definition) is 3. The fraction of sp³-hybridized carbons (Fsp3) is 0.667. The smallest absolute Gasteiger partial charge is 0.132 e. The molecule has 0 spiro atoms. The van der Waals surface area contributed by atoms with Gasteiger partial charge in [-0.1, -0.05) is 6.92 Å². The molecule has 1 aromatic heterocycles. The third-order valence-electron chi connectivity index (χ3n) is 3.13. The summed E-state index contributed by atoms with van der Waals surface area (Å²) in [4.78, 5) is 10.9. The van der Waals surface area contributed by atoms with Gasteiger partial charge in [-0.3, -0.25) is 0 Å². The molecule has 16 heavy (non-hydrogen) atoms. The van der Waals surface area contributed by atoms with Crippen molar-refractivity contribution in [1.82, 2.24) is 9.97 Å². The fourth-order valence-electron chi connectivity index (χ4n) is 2.15. The first-order chi connectivity index (χ1) is 7.83. The van der Waals surface area contributed by atoms with E-state index in [-0.39, 0.29) is 0 Å². The normalized spacial score (nSPS) is 21.1. The Morgan fingerprint density at radius 3 is 3.12 bits per heavy atom. The van der Waals surface area contributed by atoms with Crippen LogP contribution >= 0.6 is 11.6 Å². The second kappa shape index (κ2) is 5.48. The molecule has 88 valence electrons. The van der Waals surface area contributed by atoms with Crippen LogP contribution in [0.3, 0.4) is 0 Å². The van der Waals surface area contributed by atoms with Gasteiger partial charge in [0.2, 0.25) is 0 Å². The minimum atomic E-state index is 0.607. The van der Waals surface area contributed by atoms with E-state index in [1.165, 1.54) is 12.8 Å². The third kappa shape index (κ3) is 2.64. The van der Waals surface area contributed by atoms with Gasteiger partial charge < -0.3 is 4.90 Å². The molecule has 2 heterocycles. The zero-order valence-electron chi connectivity index (χ0n) is 9.69. The standard InChI is InChI=1S/C12H18ClN3/c1-2-11-6-12(15-9-14-11)16-5-3-4-10(7-13)8-16/h6,9-10H,2-5,7-8H2,1H3. The van der Waals surface area contributed by atoms with Crippen molar-refractivity contribution in [2.45, 2.75) is 26.2 Å². The molecule has 0 N–H and O–H groups in total. The van der Waals surface area contributed by atoms with Crippen LogP contribution < -0.4 is 4.90 Å². The number of halogens is 1. The van der Waals surface area contributed by atoms with Crippen LogP contribution in [0.4, 0.5) is 5.82 Å². The van der Waals surface area contributed by atoms with Crippen LogP contribution in [-0.4, -0.2) is 28.9 Å². The van der Waals surface area contributed by atoms with Crippen LogP contribution in [0.2, 0.25) is 0 Å². The van der Waals surface area contributed by atoms with Crippen molar-refractivity contribution >= 4 is 17.4 Å². The topological polar surface area (TPSA) is 29.0 Å². The SMILES string of the molecule is CCc1cc(N2CCCC(CCl)C2)ncn1. The highest BCUT2D eigenvalue weighted by atomic mass is 35.5. The van der Waals surface area contributed by atoms with E-state index in [1.54, 1.807) is 6.33 Å². The lowest BCUT2D eigenvalue weighted by atomic mass is 10.00. The summed E-state index contributed by atoms with van der Waals surface area (Å²) >= 11 is 5.93. The zero-order valence-corrected chi connectivity index (χ0v) is 10.5. The summed E-state index contributed by atoms with van der Waals surface area (Å²) in [6.45, 7) is 4.24. The van der Waals surface area contributed by atoms with Gasteiger partial charge in [0.1, 0.15) is 12.1 Å². The van der Waals surface area contributed by atoms with Crippen LogP contribution in [0, 0.1) is 5.92 Å². The summed E-state index contributed by atoms with van der Waals surface area (Å²) in [6, 6.07) is 2.09. The Labute approximate surface area is 102 Å². The number of piperidine rings is 1. The highest BCUT2D eigenvalue weighted by molar-refractivity contribution is 6.18. The average molecular weight is 240 g/mol. The number of aryl methyl sites for hydroxylation is 1. The lowest BCUT2D eigenvalue weighted by Gasteiger charge is -2.32. The van der Waals surface area contributed by atoms with Gasteiger partial charge in [-0.15, -0.1) is 11.6 Å². The summed E-state index contributed by atoms with van der Waals surface area (Å²) in [5, 5.41) is 0. The molecule has 0 radical (unpaired) electrons. The van der Waals surface area contributed by atoms with Crippen LogP contribution in [0.25, 0.3) is 0 Å². The molecule has 1 atom stereocenters. The van der Waals surface area contributed by atoms with E-state index in [1.807, 2.05) is 0 Å². The molecular weight excluding hydrogens is 222 g/mol. The van der Waals surface area contributed by atoms with E-state index in [4.69, 9.17) is 11.6 Å². The number of anilines is 1. The predicted octanol–water partition coefficient (Wildman–Crippen LogP) is 2.49. The minimum Gasteiger partial charge on any atom is -0.356 e. The summed E-state index contributed by atoms with van der Waals surface area (Å²) in [7, 11) is 0. The van der Waals surface area contributed by atoms with Gasteiger partial charge >= 0.3 is 0 Å². The summed E-state index contributed by atoms with van der Waals surface area (Å²) in [6.07, 6.45) is 5.08. The largest absolute Gasteiger partial charge is 0.356 e. The monoisotopic (exact) mass is 239 g/mol. The number of alkyl halides is 1. The quantitative estimate of drug-likeness (QED) is 0.759. The minimum absolute atomic E-state index is 0.607. The molecule has 0 bridgehead atoms. The lowest BCUT2D eigenvalue weighted by molar-refractivity contribution is 0.448. The first kappa shape index (κ1) is 11.6. The lowest BCUT2D eigenvalue weighted by Crippen LogP contribution is -2.36. The highest BCUT2D eigenvalue weighted by Gasteiger charge is 2.20. The van der Waals surface area contributed by atoms with Gasteiger partial charge in [0.15, 0.2) is 0 Å². The van der Waals surface area contributed by atoms with E-state index in [0.717, 1.165) is 36.9 Å². The molecule has 0 saturated carbocycles. The van der Waals surface area contributed by atoms with Gasteiger partial charge in [-0.05, 0) is 25.2 Å². The Balaban J connectivity index is 2.10. The summed E-state index contributed by atoms with van der Waals surface area (Å²) in [5.74, 6) is 2.42. The van der Waals surface area contributed by atoms with Gasteiger partial charge in [-0.2, -0.15) is 0 Å². The van der Waals surface area contributed by atoms with Crippen LogP contribution in [0.1, 0.15) is 25.5 Å². The highest BCUT2D eigenvalue weighted by Crippen LogP contribution is 2.22. The summed E-state index contributed by atoms with van der Waals surface area (Å²) in [5.41, 5.74) is 1.11. The van der Waals surface area contributed by atoms with E-state index in [2.05, 4.69) is 27.9 Å². The molecule has 1 aliphatic rings. The van der Waals surface area contributed by atoms with Gasteiger partial charge in [-0.25, -0.2) is 9.97 Å². The number of aromatic nitrogens is 2.